The third-order valence-electron chi connectivity index (χ3n) is 5.86. The summed E-state index contributed by atoms with van der Waals surface area (Å²) >= 11 is 0. The first kappa shape index (κ1) is 18.4. The van der Waals surface area contributed by atoms with Crippen molar-refractivity contribution in [3.05, 3.63) is 70.8 Å². The molecule has 2 aromatic rings. The highest BCUT2D eigenvalue weighted by molar-refractivity contribution is 6.21. The smallest absolute Gasteiger partial charge is 0.261 e. The average molecular weight is 376 g/mol. The van der Waals surface area contributed by atoms with Gasteiger partial charge in [-0.05, 0) is 48.6 Å². The average Bonchev–Trinajstić information content (AvgIpc) is 2.95. The summed E-state index contributed by atoms with van der Waals surface area (Å²) in [6.45, 7) is 2.39. The predicted octanol–water partition coefficient (Wildman–Crippen LogP) is 3.79. The minimum atomic E-state index is -0.270. The standard InChI is InChI=1S/C23H24N2O3/c1-15-6-2-5-9-20(15)24-21(26)17-12-10-16(11-13-17)14-25-22(27)18-7-3-4-8-19(18)23(25)28/h3-4,7-8,10-13,15,20H,2,5-6,9,14H2,1H3,(H,24,26). The maximum absolute atomic E-state index is 12.5. The number of carbonyl (C=O) groups is 3. The van der Waals surface area contributed by atoms with Crippen LogP contribution in [0, 0.1) is 5.92 Å². The van der Waals surface area contributed by atoms with Gasteiger partial charge < -0.3 is 5.32 Å². The van der Waals surface area contributed by atoms with Crippen molar-refractivity contribution in [1.29, 1.82) is 0 Å². The molecule has 1 aliphatic carbocycles. The molecule has 1 N–H and O–H groups in total. The normalized spacial score (nSPS) is 21.5. The molecule has 0 aromatic heterocycles. The van der Waals surface area contributed by atoms with E-state index in [4.69, 9.17) is 0 Å². The van der Waals surface area contributed by atoms with Crippen molar-refractivity contribution in [2.75, 3.05) is 0 Å². The van der Waals surface area contributed by atoms with E-state index in [-0.39, 0.29) is 30.3 Å². The Morgan fingerprint density at radius 1 is 0.964 bits per heavy atom. The van der Waals surface area contributed by atoms with Gasteiger partial charge in [-0.15, -0.1) is 0 Å². The molecule has 1 saturated carbocycles. The van der Waals surface area contributed by atoms with Crippen LogP contribution in [-0.2, 0) is 6.54 Å². The van der Waals surface area contributed by atoms with Gasteiger partial charge in [-0.25, -0.2) is 0 Å². The first-order valence-corrected chi connectivity index (χ1v) is 9.89. The number of nitrogens with zero attached hydrogens (tertiary/aromatic N) is 1. The van der Waals surface area contributed by atoms with Crippen LogP contribution in [0.25, 0.3) is 0 Å². The van der Waals surface area contributed by atoms with Crippen LogP contribution in [0.5, 0.6) is 0 Å². The van der Waals surface area contributed by atoms with Crippen LogP contribution in [0.4, 0.5) is 0 Å². The molecule has 2 unspecified atom stereocenters. The number of carbonyl (C=O) groups excluding carboxylic acids is 3. The van der Waals surface area contributed by atoms with Gasteiger partial charge in [0.15, 0.2) is 0 Å². The van der Waals surface area contributed by atoms with Gasteiger partial charge in [0.05, 0.1) is 17.7 Å². The van der Waals surface area contributed by atoms with Crippen LogP contribution >= 0.6 is 0 Å². The number of amides is 3. The minimum absolute atomic E-state index is 0.0639. The lowest BCUT2D eigenvalue weighted by Gasteiger charge is -2.29. The second-order valence-corrected chi connectivity index (χ2v) is 7.78. The maximum Gasteiger partial charge on any atom is 0.261 e. The number of nitrogens with one attached hydrogen (secondary N) is 1. The number of imide groups is 1. The van der Waals surface area contributed by atoms with E-state index in [1.165, 1.54) is 11.3 Å². The van der Waals surface area contributed by atoms with Crippen LogP contribution in [0.3, 0.4) is 0 Å². The second-order valence-electron chi connectivity index (χ2n) is 7.78. The first-order valence-electron chi connectivity index (χ1n) is 9.89. The van der Waals surface area contributed by atoms with Gasteiger partial charge in [0.25, 0.3) is 17.7 Å². The molecule has 5 heteroatoms. The molecule has 5 nitrogen and oxygen atoms in total. The van der Waals surface area contributed by atoms with Crippen LogP contribution in [-0.4, -0.2) is 28.7 Å². The van der Waals surface area contributed by atoms with Gasteiger partial charge in [-0.2, -0.15) is 0 Å². The molecule has 2 aliphatic rings. The van der Waals surface area contributed by atoms with Crippen molar-refractivity contribution in [2.24, 2.45) is 5.92 Å². The van der Waals surface area contributed by atoms with Gasteiger partial charge in [-0.3, -0.25) is 19.3 Å². The van der Waals surface area contributed by atoms with Crippen LogP contribution < -0.4 is 5.32 Å². The lowest BCUT2D eigenvalue weighted by molar-refractivity contribution is 0.0641. The summed E-state index contributed by atoms with van der Waals surface area (Å²) in [7, 11) is 0. The van der Waals surface area contributed by atoms with E-state index >= 15 is 0 Å². The molecule has 2 aromatic carbocycles. The lowest BCUT2D eigenvalue weighted by Crippen LogP contribution is -2.41. The lowest BCUT2D eigenvalue weighted by atomic mass is 9.86. The molecule has 1 heterocycles. The van der Waals surface area contributed by atoms with Gasteiger partial charge in [-0.1, -0.05) is 44.0 Å². The molecule has 0 radical (unpaired) electrons. The van der Waals surface area contributed by atoms with Crippen molar-refractivity contribution < 1.29 is 14.4 Å². The Labute approximate surface area is 164 Å². The number of benzene rings is 2. The van der Waals surface area contributed by atoms with E-state index in [0.29, 0.717) is 22.6 Å². The van der Waals surface area contributed by atoms with Crippen LogP contribution in [0.2, 0.25) is 0 Å². The molecule has 0 saturated heterocycles. The third-order valence-corrected chi connectivity index (χ3v) is 5.86. The molecule has 0 bridgehead atoms. The Kier molecular flexibility index (Phi) is 4.99. The highest BCUT2D eigenvalue weighted by Crippen LogP contribution is 2.25. The zero-order chi connectivity index (χ0) is 19.7. The molecule has 2 atom stereocenters. The molecule has 1 fully saturated rings. The fourth-order valence-electron chi connectivity index (χ4n) is 4.11. The Morgan fingerprint density at radius 3 is 2.18 bits per heavy atom. The van der Waals surface area contributed by atoms with Crippen molar-refractivity contribution >= 4 is 17.7 Å². The number of hydrogen-bond acceptors (Lipinski definition) is 3. The summed E-state index contributed by atoms with van der Waals surface area (Å²) in [6.07, 6.45) is 4.59. The minimum Gasteiger partial charge on any atom is -0.349 e. The highest BCUT2D eigenvalue weighted by atomic mass is 16.2. The van der Waals surface area contributed by atoms with Gasteiger partial charge in [0.2, 0.25) is 0 Å². The van der Waals surface area contributed by atoms with Gasteiger partial charge in [0, 0.05) is 11.6 Å². The molecule has 28 heavy (non-hydrogen) atoms. The fraction of sp³-hybridized carbons (Fsp3) is 0.348. The van der Waals surface area contributed by atoms with E-state index in [1.807, 2.05) is 12.1 Å². The number of rotatable bonds is 4. The van der Waals surface area contributed by atoms with Crippen molar-refractivity contribution in [1.82, 2.24) is 10.2 Å². The molecule has 1 aliphatic heterocycles. The summed E-state index contributed by atoms with van der Waals surface area (Å²) in [4.78, 5) is 38.8. The third kappa shape index (κ3) is 3.44. The zero-order valence-corrected chi connectivity index (χ0v) is 16.0. The van der Waals surface area contributed by atoms with Gasteiger partial charge >= 0.3 is 0 Å². The van der Waals surface area contributed by atoms with E-state index in [2.05, 4.69) is 12.2 Å². The second kappa shape index (κ2) is 7.58. The van der Waals surface area contributed by atoms with Gasteiger partial charge in [0.1, 0.15) is 0 Å². The van der Waals surface area contributed by atoms with Crippen molar-refractivity contribution in [3.8, 4) is 0 Å². The molecule has 144 valence electrons. The molecular weight excluding hydrogens is 352 g/mol. The molecule has 0 spiro atoms. The zero-order valence-electron chi connectivity index (χ0n) is 16.0. The first-order chi connectivity index (χ1) is 13.5. The quantitative estimate of drug-likeness (QED) is 0.826. The van der Waals surface area contributed by atoms with Crippen LogP contribution in [0.1, 0.15) is 69.2 Å². The molecule has 4 rings (SSSR count). The Morgan fingerprint density at radius 2 is 1.57 bits per heavy atom. The SMILES string of the molecule is CC1CCCCC1NC(=O)c1ccc(CN2C(=O)c3ccccc3C2=O)cc1. The summed E-state index contributed by atoms with van der Waals surface area (Å²) < 4.78 is 0. The molecule has 3 amide bonds. The Balaban J connectivity index is 1.42. The Hall–Kier alpha value is -2.95. The number of hydrogen-bond donors (Lipinski definition) is 1. The summed E-state index contributed by atoms with van der Waals surface area (Å²) in [6, 6.07) is 14.2. The van der Waals surface area contributed by atoms with Crippen LogP contribution in [0.15, 0.2) is 48.5 Å². The molecular formula is C23H24N2O3. The van der Waals surface area contributed by atoms with Crippen molar-refractivity contribution in [3.63, 3.8) is 0 Å². The summed E-state index contributed by atoms with van der Waals surface area (Å²) in [5, 5.41) is 3.15. The van der Waals surface area contributed by atoms with E-state index in [0.717, 1.165) is 24.8 Å². The number of fused-ring (bicyclic) bond motifs is 1. The monoisotopic (exact) mass is 376 g/mol. The Bertz CT molecular complexity index is 885. The summed E-state index contributed by atoms with van der Waals surface area (Å²) in [5.41, 5.74) is 2.32. The fourth-order valence-corrected chi connectivity index (χ4v) is 4.11. The van der Waals surface area contributed by atoms with Crippen molar-refractivity contribution in [2.45, 2.75) is 45.2 Å². The summed E-state index contributed by atoms with van der Waals surface area (Å²) in [5.74, 6) is -0.0979. The maximum atomic E-state index is 12.5. The van der Waals surface area contributed by atoms with E-state index in [1.54, 1.807) is 36.4 Å². The highest BCUT2D eigenvalue weighted by Gasteiger charge is 2.34. The predicted molar refractivity (Wildman–Crippen MR) is 106 cm³/mol. The largest absolute Gasteiger partial charge is 0.349 e. The van der Waals surface area contributed by atoms with E-state index in [9.17, 15) is 14.4 Å². The van der Waals surface area contributed by atoms with E-state index < -0.39 is 0 Å². The topological polar surface area (TPSA) is 66.5 Å².